The molecule has 5 heteroatoms. The maximum Gasteiger partial charge on any atom is 0.312 e. The van der Waals surface area contributed by atoms with Gasteiger partial charge in [-0.25, -0.2) is 0 Å². The van der Waals surface area contributed by atoms with Gasteiger partial charge < -0.3 is 14.6 Å². The normalized spacial score (nSPS) is 14.2. The Morgan fingerprint density at radius 3 is 2.00 bits per heavy atom. The highest BCUT2D eigenvalue weighted by molar-refractivity contribution is 5.73. The number of rotatable bonds is 14. The van der Waals surface area contributed by atoms with Crippen molar-refractivity contribution >= 4 is 5.97 Å². The number of aliphatic hydroxyl groups excluding tert-OH is 1. The van der Waals surface area contributed by atoms with Gasteiger partial charge >= 0.3 is 5.97 Å². The smallest absolute Gasteiger partial charge is 0.312 e. The predicted octanol–water partition coefficient (Wildman–Crippen LogP) is 7.81. The fourth-order valence-electron chi connectivity index (χ4n) is 5.70. The van der Waals surface area contributed by atoms with E-state index in [-0.39, 0.29) is 12.6 Å². The molecule has 0 saturated heterocycles. The molecule has 44 heavy (non-hydrogen) atoms. The number of carbonyl (C=O) groups excluding carboxylic acids is 1. The molecule has 0 aromatic heterocycles. The number of aryl methyl sites for hydroxylation is 4. The molecule has 4 rings (SSSR count). The summed E-state index contributed by atoms with van der Waals surface area (Å²) >= 11 is 0. The van der Waals surface area contributed by atoms with Gasteiger partial charge in [0.15, 0.2) is 0 Å². The van der Waals surface area contributed by atoms with Gasteiger partial charge in [0, 0.05) is 19.1 Å². The molecule has 0 aliphatic carbocycles. The summed E-state index contributed by atoms with van der Waals surface area (Å²) in [5.74, 6) is -1.20. The number of hydrogen-bond donors (Lipinski definition) is 1. The molecule has 4 aromatic carbocycles. The van der Waals surface area contributed by atoms with Crippen LogP contribution in [0.3, 0.4) is 0 Å². The number of aliphatic hydroxyl groups is 1. The van der Waals surface area contributed by atoms with Crippen LogP contribution in [0.2, 0.25) is 0 Å². The Morgan fingerprint density at radius 1 is 0.773 bits per heavy atom. The van der Waals surface area contributed by atoms with Crippen LogP contribution in [-0.4, -0.2) is 34.7 Å². The Kier molecular flexibility index (Phi) is 11.9. The lowest BCUT2D eigenvalue weighted by atomic mass is 9.96. The first-order valence-electron chi connectivity index (χ1n) is 15.5. The number of hydrogen-bond acceptors (Lipinski definition) is 5. The second-order valence-electron chi connectivity index (χ2n) is 12.1. The molecule has 0 unspecified atom stereocenters. The van der Waals surface area contributed by atoms with Crippen molar-refractivity contribution in [1.29, 1.82) is 0 Å². The fraction of sp³-hybridized carbons (Fsp3) is 0.359. The Labute approximate surface area is 263 Å². The third kappa shape index (κ3) is 8.88. The van der Waals surface area contributed by atoms with Gasteiger partial charge in [0.25, 0.3) is 0 Å². The van der Waals surface area contributed by atoms with Gasteiger partial charge in [-0.1, -0.05) is 103 Å². The lowest BCUT2D eigenvalue weighted by Crippen LogP contribution is -2.40. The lowest BCUT2D eigenvalue weighted by molar-refractivity contribution is -0.163. The molecule has 0 spiro atoms. The summed E-state index contributed by atoms with van der Waals surface area (Å²) < 4.78 is 12.1. The third-order valence-corrected chi connectivity index (χ3v) is 8.57. The maximum absolute atomic E-state index is 13.6. The van der Waals surface area contributed by atoms with Crippen molar-refractivity contribution in [1.82, 2.24) is 4.90 Å². The molecule has 0 radical (unpaired) electrons. The van der Waals surface area contributed by atoms with Crippen LogP contribution in [0, 0.1) is 33.6 Å². The second-order valence-corrected chi connectivity index (χ2v) is 12.1. The van der Waals surface area contributed by atoms with Crippen LogP contribution in [0.4, 0.5) is 0 Å². The van der Waals surface area contributed by atoms with E-state index >= 15 is 0 Å². The zero-order valence-electron chi connectivity index (χ0n) is 27.0. The van der Waals surface area contributed by atoms with Crippen LogP contribution in [0.25, 0.3) is 0 Å². The molecule has 1 N–H and O–H groups in total. The van der Waals surface area contributed by atoms with E-state index in [1.807, 2.05) is 60.7 Å². The van der Waals surface area contributed by atoms with Crippen LogP contribution >= 0.6 is 0 Å². The Bertz CT molecular complexity index is 1460. The van der Waals surface area contributed by atoms with E-state index in [4.69, 9.17) is 9.47 Å². The van der Waals surface area contributed by atoms with Crippen molar-refractivity contribution < 1.29 is 19.4 Å². The summed E-state index contributed by atoms with van der Waals surface area (Å²) in [5.41, 5.74) is 9.44. The van der Waals surface area contributed by atoms with E-state index in [1.54, 1.807) is 6.92 Å². The van der Waals surface area contributed by atoms with E-state index in [0.29, 0.717) is 19.7 Å². The number of carbonyl (C=O) groups is 1. The van der Waals surface area contributed by atoms with Gasteiger partial charge in [-0.05, 0) is 80.5 Å². The number of nitrogens with zero attached hydrogens (tertiary/aromatic N) is 1. The zero-order chi connectivity index (χ0) is 31.6. The molecule has 4 aromatic rings. The van der Waals surface area contributed by atoms with E-state index in [2.05, 4.69) is 75.9 Å². The summed E-state index contributed by atoms with van der Waals surface area (Å²) in [6.07, 6.45) is -1.53. The molecule has 0 aliphatic rings. The molecule has 4 atom stereocenters. The first-order chi connectivity index (χ1) is 21.1. The molecule has 0 heterocycles. The summed E-state index contributed by atoms with van der Waals surface area (Å²) in [5, 5.41) is 10.9. The van der Waals surface area contributed by atoms with Crippen LogP contribution < -0.4 is 0 Å². The SMILES string of the molecule is Cc1cc(C)c(CN(Cc2ccccc2C)[C@@H](C)[C@H](OC(=O)[C@@H](C)[C@@H](O)COCc2ccccc2)c2ccccc2)c(C)c1. The Hall–Kier alpha value is -3.77. The van der Waals surface area contributed by atoms with Gasteiger partial charge in [0.1, 0.15) is 6.10 Å². The average Bonchev–Trinajstić information content (AvgIpc) is 3.02. The zero-order valence-corrected chi connectivity index (χ0v) is 27.0. The fourth-order valence-corrected chi connectivity index (χ4v) is 5.70. The highest BCUT2D eigenvalue weighted by Gasteiger charge is 2.33. The molecule has 232 valence electrons. The van der Waals surface area contributed by atoms with Crippen LogP contribution in [0.5, 0.6) is 0 Å². The minimum atomic E-state index is -0.987. The van der Waals surface area contributed by atoms with E-state index in [9.17, 15) is 9.90 Å². The van der Waals surface area contributed by atoms with Crippen molar-refractivity contribution in [3.05, 3.63) is 142 Å². The molecule has 0 amide bonds. The van der Waals surface area contributed by atoms with Gasteiger partial charge in [-0.15, -0.1) is 0 Å². The number of esters is 1. The molecule has 0 aliphatic heterocycles. The van der Waals surface area contributed by atoms with Gasteiger partial charge in [-0.3, -0.25) is 9.69 Å². The van der Waals surface area contributed by atoms with Crippen molar-refractivity contribution in [3.8, 4) is 0 Å². The minimum Gasteiger partial charge on any atom is -0.456 e. The van der Waals surface area contributed by atoms with E-state index in [1.165, 1.54) is 33.4 Å². The van der Waals surface area contributed by atoms with Crippen molar-refractivity contribution in [3.63, 3.8) is 0 Å². The Morgan fingerprint density at radius 2 is 1.36 bits per heavy atom. The van der Waals surface area contributed by atoms with Crippen molar-refractivity contribution in [2.45, 2.75) is 79.5 Å². The first-order valence-corrected chi connectivity index (χ1v) is 15.5. The molecule has 5 nitrogen and oxygen atoms in total. The number of ether oxygens (including phenoxy) is 2. The predicted molar refractivity (Wildman–Crippen MR) is 177 cm³/mol. The quantitative estimate of drug-likeness (QED) is 0.151. The molecular weight excluding hydrogens is 546 g/mol. The van der Waals surface area contributed by atoms with Gasteiger partial charge in [0.05, 0.1) is 25.2 Å². The van der Waals surface area contributed by atoms with Gasteiger partial charge in [0.2, 0.25) is 0 Å². The van der Waals surface area contributed by atoms with Crippen LogP contribution in [-0.2, 0) is 34.0 Å². The highest BCUT2D eigenvalue weighted by atomic mass is 16.5. The summed E-state index contributed by atoms with van der Waals surface area (Å²) in [6.45, 7) is 14.3. The van der Waals surface area contributed by atoms with Gasteiger partial charge in [-0.2, -0.15) is 0 Å². The van der Waals surface area contributed by atoms with Crippen LogP contribution in [0.15, 0.2) is 97.1 Å². The highest BCUT2D eigenvalue weighted by Crippen LogP contribution is 2.31. The van der Waals surface area contributed by atoms with Crippen LogP contribution in [0.1, 0.15) is 64.5 Å². The first kappa shape index (κ1) is 33.1. The summed E-state index contributed by atoms with van der Waals surface area (Å²) in [4.78, 5) is 16.0. The minimum absolute atomic E-state index is 0.0438. The summed E-state index contributed by atoms with van der Waals surface area (Å²) in [6, 6.07) is 32.4. The lowest BCUT2D eigenvalue weighted by Gasteiger charge is -2.36. The molecular formula is C39H47NO4. The van der Waals surface area contributed by atoms with Crippen molar-refractivity contribution in [2.24, 2.45) is 5.92 Å². The van der Waals surface area contributed by atoms with Crippen molar-refractivity contribution in [2.75, 3.05) is 6.61 Å². The second kappa shape index (κ2) is 15.8. The molecule has 0 bridgehead atoms. The standard InChI is InChI=1S/C39H47NO4/c1-27-21-29(3)36(30(4)22-27)24-40(23-35-20-14-13-15-28(35)2)32(6)38(34-18-11-8-12-19-34)44-39(42)31(5)37(41)26-43-25-33-16-9-7-10-17-33/h7-22,31-32,37-38,41H,23-26H2,1-6H3/t31-,32-,37-,38-/m0/s1. The van der Waals surface area contributed by atoms with E-state index in [0.717, 1.165) is 11.1 Å². The third-order valence-electron chi connectivity index (χ3n) is 8.57. The Balaban J connectivity index is 1.57. The molecule has 0 fully saturated rings. The van der Waals surface area contributed by atoms with E-state index < -0.39 is 24.1 Å². The maximum atomic E-state index is 13.6. The number of benzene rings is 4. The molecule has 0 saturated carbocycles. The topological polar surface area (TPSA) is 59.0 Å². The monoisotopic (exact) mass is 593 g/mol. The largest absolute Gasteiger partial charge is 0.456 e. The average molecular weight is 594 g/mol. The summed E-state index contributed by atoms with van der Waals surface area (Å²) in [7, 11) is 0.